The van der Waals surface area contributed by atoms with Crippen molar-refractivity contribution in [1.82, 2.24) is 19.9 Å². The van der Waals surface area contributed by atoms with Crippen LogP contribution in [0, 0.1) is 0 Å². The molecule has 0 saturated carbocycles. The van der Waals surface area contributed by atoms with Gasteiger partial charge in [-0.15, -0.1) is 0 Å². The van der Waals surface area contributed by atoms with Crippen molar-refractivity contribution in [1.29, 1.82) is 0 Å². The van der Waals surface area contributed by atoms with Gasteiger partial charge in [-0.2, -0.15) is 0 Å². The summed E-state index contributed by atoms with van der Waals surface area (Å²) in [4.78, 5) is 20.6. The molecule has 5 nitrogen and oxygen atoms in total. The fourth-order valence-corrected chi connectivity index (χ4v) is 6.86. The van der Waals surface area contributed by atoms with Crippen LogP contribution in [-0.4, -0.2) is 19.9 Å². The quantitative estimate of drug-likeness (QED) is 0.182. The number of furan rings is 1. The molecule has 49 heavy (non-hydrogen) atoms. The summed E-state index contributed by atoms with van der Waals surface area (Å²) < 4.78 is 6.24. The van der Waals surface area contributed by atoms with Crippen LogP contribution in [0.5, 0.6) is 0 Å². The molecule has 5 heteroatoms. The van der Waals surface area contributed by atoms with E-state index in [1.165, 1.54) is 0 Å². The second-order valence-electron chi connectivity index (χ2n) is 12.2. The first kappa shape index (κ1) is 27.4. The first-order valence-electron chi connectivity index (χ1n) is 16.3. The van der Waals surface area contributed by atoms with E-state index in [4.69, 9.17) is 24.4 Å². The zero-order valence-electron chi connectivity index (χ0n) is 26.2. The van der Waals surface area contributed by atoms with Gasteiger partial charge in [-0.1, -0.05) is 121 Å². The summed E-state index contributed by atoms with van der Waals surface area (Å²) in [6, 6.07) is 53.7. The molecule has 0 N–H and O–H groups in total. The van der Waals surface area contributed by atoms with E-state index in [1.807, 2.05) is 72.8 Å². The van der Waals surface area contributed by atoms with Gasteiger partial charge in [-0.3, -0.25) is 0 Å². The van der Waals surface area contributed by atoms with Crippen molar-refractivity contribution in [2.45, 2.75) is 0 Å². The Bertz CT molecular complexity index is 2880. The largest absolute Gasteiger partial charge is 0.456 e. The summed E-state index contributed by atoms with van der Waals surface area (Å²) in [5.41, 5.74) is 12.7. The van der Waals surface area contributed by atoms with Crippen LogP contribution in [0.15, 0.2) is 162 Å². The van der Waals surface area contributed by atoms with E-state index in [9.17, 15) is 0 Å². The Morgan fingerprint density at radius 3 is 1.63 bits per heavy atom. The maximum atomic E-state index is 6.24. The van der Waals surface area contributed by atoms with Gasteiger partial charge in [-0.25, -0.2) is 19.9 Å². The first-order valence-corrected chi connectivity index (χ1v) is 16.3. The Morgan fingerprint density at radius 1 is 0.367 bits per heavy atom. The van der Waals surface area contributed by atoms with Gasteiger partial charge >= 0.3 is 0 Å². The number of hydrogen-bond acceptors (Lipinski definition) is 5. The van der Waals surface area contributed by atoms with Crippen LogP contribution in [-0.2, 0) is 0 Å². The summed E-state index contributed by atoms with van der Waals surface area (Å²) in [6.45, 7) is 0. The van der Waals surface area contributed by atoms with Gasteiger partial charge in [0.2, 0.25) is 0 Å². The summed E-state index contributed by atoms with van der Waals surface area (Å²) in [7, 11) is 0. The topological polar surface area (TPSA) is 64.7 Å². The molecule has 0 fully saturated rings. The highest BCUT2D eigenvalue weighted by atomic mass is 16.3. The normalized spacial score (nSPS) is 11.7. The van der Waals surface area contributed by atoms with Gasteiger partial charge in [0.25, 0.3) is 0 Å². The molecule has 0 spiro atoms. The predicted octanol–water partition coefficient (Wildman–Crippen LogP) is 11.3. The Hall–Kier alpha value is -6.72. The maximum absolute atomic E-state index is 6.24. The predicted molar refractivity (Wildman–Crippen MR) is 199 cm³/mol. The molecule has 4 heterocycles. The van der Waals surface area contributed by atoms with Crippen LogP contribution in [0.2, 0.25) is 0 Å². The van der Waals surface area contributed by atoms with Crippen molar-refractivity contribution in [3.05, 3.63) is 158 Å². The number of benzene rings is 6. The van der Waals surface area contributed by atoms with Crippen LogP contribution in [0.4, 0.5) is 0 Å². The molecule has 0 aliphatic heterocycles. The van der Waals surface area contributed by atoms with Gasteiger partial charge in [0.05, 0.1) is 44.8 Å². The molecule has 0 atom stereocenters. The maximum Gasteiger partial charge on any atom is 0.136 e. The van der Waals surface area contributed by atoms with Gasteiger partial charge in [0, 0.05) is 43.8 Å². The molecular weight excluding hydrogens is 601 g/mol. The fraction of sp³-hybridized carbons (Fsp3) is 0. The summed E-state index contributed by atoms with van der Waals surface area (Å²) >= 11 is 0. The van der Waals surface area contributed by atoms with Crippen molar-refractivity contribution in [3.8, 4) is 45.0 Å². The van der Waals surface area contributed by atoms with Crippen LogP contribution in [0.3, 0.4) is 0 Å². The van der Waals surface area contributed by atoms with Gasteiger partial charge in [0.1, 0.15) is 11.2 Å². The number of fused-ring (bicyclic) bond motifs is 7. The fourth-order valence-electron chi connectivity index (χ4n) is 6.86. The van der Waals surface area contributed by atoms with Gasteiger partial charge in [-0.05, 0) is 36.4 Å². The van der Waals surface area contributed by atoms with E-state index in [-0.39, 0.29) is 0 Å². The lowest BCUT2D eigenvalue weighted by molar-refractivity contribution is 0.669. The number of rotatable bonds is 4. The highest BCUT2D eigenvalue weighted by Crippen LogP contribution is 2.40. The van der Waals surface area contributed by atoms with E-state index in [0.29, 0.717) is 0 Å². The molecule has 0 saturated heterocycles. The second kappa shape index (κ2) is 10.9. The standard InChI is InChI=1S/C44H26N4O/c1-2-9-27(10-3-1)34-25-23-30-21-22-31-24-26-35(46-42(31)41(30)45-34)28-17-19-29(20-18-28)43-44(48-37-14-6-5-13-36(37)47-43)33-12-8-16-39-40(33)32-11-4-7-15-38(32)49-39/h1-26H. The molecule has 0 aliphatic carbocycles. The molecule has 0 unspecified atom stereocenters. The molecular formula is C44H26N4O. The highest BCUT2D eigenvalue weighted by Gasteiger charge is 2.19. The number of para-hydroxylation sites is 3. The van der Waals surface area contributed by atoms with Crippen molar-refractivity contribution in [2.24, 2.45) is 0 Å². The highest BCUT2D eigenvalue weighted by molar-refractivity contribution is 6.13. The lowest BCUT2D eigenvalue weighted by Crippen LogP contribution is -1.96. The van der Waals surface area contributed by atoms with Crippen LogP contribution in [0.25, 0.3) is 99.8 Å². The lowest BCUT2D eigenvalue weighted by Gasteiger charge is -2.12. The minimum atomic E-state index is 0.818. The Morgan fingerprint density at radius 2 is 0.918 bits per heavy atom. The number of hydrogen-bond donors (Lipinski definition) is 0. The first-order chi connectivity index (χ1) is 24.3. The Labute approximate surface area is 281 Å². The molecule has 10 aromatic rings. The summed E-state index contributed by atoms with van der Waals surface area (Å²) in [5.74, 6) is 0. The van der Waals surface area contributed by atoms with Crippen LogP contribution < -0.4 is 0 Å². The molecule has 0 radical (unpaired) electrons. The third kappa shape index (κ3) is 4.55. The molecule has 228 valence electrons. The van der Waals surface area contributed by atoms with Crippen LogP contribution in [0.1, 0.15) is 0 Å². The van der Waals surface area contributed by atoms with E-state index < -0.39 is 0 Å². The molecule has 10 rings (SSSR count). The van der Waals surface area contributed by atoms with Crippen molar-refractivity contribution in [2.75, 3.05) is 0 Å². The minimum absolute atomic E-state index is 0.818. The SMILES string of the molecule is c1ccc(-c2ccc3ccc4ccc(-c5ccc(-c6nc7ccccc7nc6-c6cccc7oc8ccccc8c67)cc5)nc4c3n2)cc1. The Kier molecular flexibility index (Phi) is 6.11. The zero-order valence-corrected chi connectivity index (χ0v) is 26.2. The molecule has 6 aromatic carbocycles. The van der Waals surface area contributed by atoms with E-state index >= 15 is 0 Å². The number of nitrogens with zero attached hydrogens (tertiary/aromatic N) is 4. The van der Waals surface area contributed by atoms with E-state index in [1.54, 1.807) is 0 Å². The zero-order chi connectivity index (χ0) is 32.3. The summed E-state index contributed by atoms with van der Waals surface area (Å²) in [5, 5.41) is 4.22. The van der Waals surface area contributed by atoms with Crippen molar-refractivity contribution in [3.63, 3.8) is 0 Å². The van der Waals surface area contributed by atoms with Crippen LogP contribution >= 0.6 is 0 Å². The average molecular weight is 627 g/mol. The van der Waals surface area contributed by atoms with Crippen molar-refractivity contribution < 1.29 is 4.42 Å². The summed E-state index contributed by atoms with van der Waals surface area (Å²) in [6.07, 6.45) is 0. The molecule has 0 amide bonds. The van der Waals surface area contributed by atoms with E-state index in [0.717, 1.165) is 99.8 Å². The van der Waals surface area contributed by atoms with Crippen molar-refractivity contribution >= 4 is 54.8 Å². The van der Waals surface area contributed by atoms with E-state index in [2.05, 4.69) is 84.9 Å². The molecule has 4 aromatic heterocycles. The monoisotopic (exact) mass is 626 g/mol. The Balaban J connectivity index is 1.11. The molecule has 0 bridgehead atoms. The number of aromatic nitrogens is 4. The average Bonchev–Trinajstić information content (AvgIpc) is 3.56. The smallest absolute Gasteiger partial charge is 0.136 e. The second-order valence-corrected chi connectivity index (χ2v) is 12.2. The number of pyridine rings is 2. The minimum Gasteiger partial charge on any atom is -0.456 e. The van der Waals surface area contributed by atoms with Gasteiger partial charge in [0.15, 0.2) is 0 Å². The third-order valence-electron chi connectivity index (χ3n) is 9.27. The lowest BCUT2D eigenvalue weighted by atomic mass is 9.98. The molecule has 0 aliphatic rings. The third-order valence-corrected chi connectivity index (χ3v) is 9.27. The van der Waals surface area contributed by atoms with Gasteiger partial charge < -0.3 is 4.42 Å².